The monoisotopic (exact) mass is 379 g/mol. The lowest BCUT2D eigenvalue weighted by molar-refractivity contribution is -0.117. The Kier molecular flexibility index (Phi) is 5.83. The second kappa shape index (κ2) is 8.46. The van der Waals surface area contributed by atoms with Crippen LogP contribution < -0.4 is 10.9 Å². The molecule has 3 aromatic rings. The van der Waals surface area contributed by atoms with Gasteiger partial charge in [0.2, 0.25) is 5.91 Å². The molecular formula is C20H17N3O3S. The fourth-order valence-corrected chi connectivity index (χ4v) is 3.31. The van der Waals surface area contributed by atoms with E-state index in [1.54, 1.807) is 60.7 Å². The van der Waals surface area contributed by atoms with Gasteiger partial charge in [0, 0.05) is 12.1 Å². The maximum Gasteiger partial charge on any atom is 0.262 e. The highest BCUT2D eigenvalue weighted by Crippen LogP contribution is 2.17. The number of hydrogen-bond donors (Lipinski definition) is 1. The Morgan fingerprint density at radius 1 is 1.11 bits per heavy atom. The first-order chi connectivity index (χ1) is 13.1. The van der Waals surface area contributed by atoms with E-state index in [1.807, 2.05) is 0 Å². The Labute approximate surface area is 159 Å². The Balaban J connectivity index is 1.77. The summed E-state index contributed by atoms with van der Waals surface area (Å²) >= 11 is 1.10. The molecule has 7 heteroatoms. The predicted molar refractivity (Wildman–Crippen MR) is 106 cm³/mol. The summed E-state index contributed by atoms with van der Waals surface area (Å²) in [7, 11) is 0. The lowest BCUT2D eigenvalue weighted by Crippen LogP contribution is -2.32. The SMILES string of the molecule is C=CCn1c(SCC(=O)NC(=O)c2ccccc2)nc2ccccc2c1=O. The lowest BCUT2D eigenvalue weighted by atomic mass is 10.2. The van der Waals surface area contributed by atoms with Crippen molar-refractivity contribution in [2.75, 3.05) is 5.75 Å². The van der Waals surface area contributed by atoms with E-state index in [9.17, 15) is 14.4 Å². The zero-order valence-electron chi connectivity index (χ0n) is 14.4. The number of para-hydroxylation sites is 1. The molecule has 0 unspecified atom stereocenters. The molecule has 6 nitrogen and oxygen atoms in total. The molecule has 0 spiro atoms. The van der Waals surface area contributed by atoms with Crippen LogP contribution in [-0.4, -0.2) is 27.1 Å². The molecule has 1 N–H and O–H groups in total. The van der Waals surface area contributed by atoms with Crippen molar-refractivity contribution in [2.45, 2.75) is 11.7 Å². The van der Waals surface area contributed by atoms with Gasteiger partial charge in [-0.3, -0.25) is 24.3 Å². The minimum atomic E-state index is -0.462. The molecule has 0 saturated carbocycles. The maximum atomic E-state index is 12.7. The number of benzene rings is 2. The van der Waals surface area contributed by atoms with E-state index in [0.29, 0.717) is 21.6 Å². The second-order valence-corrected chi connectivity index (χ2v) is 6.59. The third-order valence-corrected chi connectivity index (χ3v) is 4.74. The predicted octanol–water partition coefficient (Wildman–Crippen LogP) is 2.63. The van der Waals surface area contributed by atoms with Crippen LogP contribution in [0.4, 0.5) is 0 Å². The first-order valence-corrected chi connectivity index (χ1v) is 9.21. The molecule has 0 aliphatic carbocycles. The quantitative estimate of drug-likeness (QED) is 0.405. The van der Waals surface area contributed by atoms with Gasteiger partial charge in [-0.15, -0.1) is 6.58 Å². The first kappa shape index (κ1) is 18.6. The molecule has 0 radical (unpaired) electrons. The molecule has 0 aliphatic heterocycles. The van der Waals surface area contributed by atoms with Crippen LogP contribution in [0.5, 0.6) is 0 Å². The molecular weight excluding hydrogens is 362 g/mol. The van der Waals surface area contributed by atoms with E-state index in [-0.39, 0.29) is 17.9 Å². The molecule has 1 aromatic heterocycles. The summed E-state index contributed by atoms with van der Waals surface area (Å²) in [6, 6.07) is 15.5. The van der Waals surface area contributed by atoms with E-state index in [2.05, 4.69) is 16.9 Å². The second-order valence-electron chi connectivity index (χ2n) is 5.65. The number of carbonyl (C=O) groups excluding carboxylic acids is 2. The van der Waals surface area contributed by atoms with Gasteiger partial charge in [-0.25, -0.2) is 4.98 Å². The summed E-state index contributed by atoms with van der Waals surface area (Å²) in [6.45, 7) is 3.95. The van der Waals surface area contributed by atoms with Crippen molar-refractivity contribution < 1.29 is 9.59 Å². The lowest BCUT2D eigenvalue weighted by Gasteiger charge is -2.11. The third-order valence-electron chi connectivity index (χ3n) is 3.76. The van der Waals surface area contributed by atoms with E-state index in [0.717, 1.165) is 11.8 Å². The first-order valence-electron chi connectivity index (χ1n) is 8.22. The third kappa shape index (κ3) is 4.32. The molecule has 1 heterocycles. The van der Waals surface area contributed by atoms with Gasteiger partial charge in [0.15, 0.2) is 5.16 Å². The normalized spacial score (nSPS) is 10.5. The fraction of sp³-hybridized carbons (Fsp3) is 0.100. The van der Waals surface area contributed by atoms with Crippen molar-refractivity contribution in [3.8, 4) is 0 Å². The van der Waals surface area contributed by atoms with E-state index >= 15 is 0 Å². The van der Waals surface area contributed by atoms with Gasteiger partial charge in [0.1, 0.15) is 0 Å². The highest BCUT2D eigenvalue weighted by Gasteiger charge is 2.14. The van der Waals surface area contributed by atoms with Crippen LogP contribution in [0.15, 0.2) is 77.2 Å². The number of hydrogen-bond acceptors (Lipinski definition) is 5. The number of allylic oxidation sites excluding steroid dienone is 1. The van der Waals surface area contributed by atoms with Crippen molar-refractivity contribution >= 4 is 34.5 Å². The van der Waals surface area contributed by atoms with E-state index in [1.165, 1.54) is 4.57 Å². The number of nitrogens with one attached hydrogen (secondary N) is 1. The van der Waals surface area contributed by atoms with Gasteiger partial charge in [-0.1, -0.05) is 48.2 Å². The zero-order chi connectivity index (χ0) is 19.2. The van der Waals surface area contributed by atoms with E-state index in [4.69, 9.17) is 0 Å². The van der Waals surface area contributed by atoms with Crippen molar-refractivity contribution in [3.05, 3.63) is 83.2 Å². The molecule has 0 atom stereocenters. The van der Waals surface area contributed by atoms with Crippen LogP contribution in [0.1, 0.15) is 10.4 Å². The van der Waals surface area contributed by atoms with Crippen molar-refractivity contribution in [1.82, 2.24) is 14.9 Å². The molecule has 0 bridgehead atoms. The average molecular weight is 379 g/mol. The number of carbonyl (C=O) groups is 2. The number of amides is 2. The number of nitrogens with zero attached hydrogens (tertiary/aromatic N) is 2. The largest absolute Gasteiger partial charge is 0.292 e. The van der Waals surface area contributed by atoms with Gasteiger partial charge in [0.05, 0.1) is 16.7 Å². The van der Waals surface area contributed by atoms with Crippen LogP contribution in [0.3, 0.4) is 0 Å². The number of fused-ring (bicyclic) bond motifs is 1. The number of thioether (sulfide) groups is 1. The average Bonchev–Trinajstić information content (AvgIpc) is 2.69. The minimum Gasteiger partial charge on any atom is -0.292 e. The minimum absolute atomic E-state index is 0.0412. The molecule has 0 fully saturated rings. The smallest absolute Gasteiger partial charge is 0.262 e. The number of aromatic nitrogens is 2. The molecule has 2 amide bonds. The van der Waals surface area contributed by atoms with Gasteiger partial charge >= 0.3 is 0 Å². The summed E-state index contributed by atoms with van der Waals surface area (Å²) in [4.78, 5) is 41.3. The standard InChI is InChI=1S/C20H17N3O3S/c1-2-12-23-19(26)15-10-6-7-11-16(15)21-20(23)27-13-17(24)22-18(25)14-8-4-3-5-9-14/h2-11H,1,12-13H2,(H,22,24,25). The van der Waals surface area contributed by atoms with Crippen LogP contribution in [-0.2, 0) is 11.3 Å². The van der Waals surface area contributed by atoms with Gasteiger partial charge in [-0.2, -0.15) is 0 Å². The molecule has 3 rings (SSSR count). The van der Waals surface area contributed by atoms with Crippen LogP contribution in [0.2, 0.25) is 0 Å². The fourth-order valence-electron chi connectivity index (χ4n) is 2.50. The summed E-state index contributed by atoms with van der Waals surface area (Å²) in [5.74, 6) is -0.960. The van der Waals surface area contributed by atoms with Crippen molar-refractivity contribution in [2.24, 2.45) is 0 Å². The summed E-state index contributed by atoms with van der Waals surface area (Å²) < 4.78 is 1.46. The summed E-state index contributed by atoms with van der Waals surface area (Å²) in [5, 5.41) is 3.25. The topological polar surface area (TPSA) is 81.1 Å². The Hall–Kier alpha value is -3.19. The Bertz CT molecular complexity index is 1060. The number of rotatable bonds is 6. The molecule has 2 aromatic carbocycles. The van der Waals surface area contributed by atoms with Crippen LogP contribution in [0.25, 0.3) is 10.9 Å². The zero-order valence-corrected chi connectivity index (χ0v) is 15.2. The van der Waals surface area contributed by atoms with Crippen LogP contribution >= 0.6 is 11.8 Å². The molecule has 27 heavy (non-hydrogen) atoms. The van der Waals surface area contributed by atoms with Gasteiger partial charge in [-0.05, 0) is 24.3 Å². The van der Waals surface area contributed by atoms with E-state index < -0.39 is 11.8 Å². The Morgan fingerprint density at radius 2 is 1.81 bits per heavy atom. The molecule has 0 aliphatic rings. The van der Waals surface area contributed by atoms with Crippen molar-refractivity contribution in [3.63, 3.8) is 0 Å². The summed E-state index contributed by atoms with van der Waals surface area (Å²) in [6.07, 6.45) is 1.60. The highest BCUT2D eigenvalue weighted by molar-refractivity contribution is 7.99. The van der Waals surface area contributed by atoms with Crippen LogP contribution in [0, 0.1) is 0 Å². The highest BCUT2D eigenvalue weighted by atomic mass is 32.2. The Morgan fingerprint density at radius 3 is 2.56 bits per heavy atom. The van der Waals surface area contributed by atoms with Gasteiger partial charge in [0.25, 0.3) is 11.5 Å². The number of imide groups is 1. The molecule has 136 valence electrons. The van der Waals surface area contributed by atoms with Crippen molar-refractivity contribution in [1.29, 1.82) is 0 Å². The maximum absolute atomic E-state index is 12.7. The summed E-state index contributed by atoms with van der Waals surface area (Å²) in [5.41, 5.74) is 0.776. The molecule has 0 saturated heterocycles. The van der Waals surface area contributed by atoms with Gasteiger partial charge < -0.3 is 0 Å².